The molecule has 0 radical (unpaired) electrons. The van der Waals surface area contributed by atoms with Crippen LogP contribution >= 0.6 is 15.9 Å². The smallest absolute Gasteiger partial charge is 0.266 e. The monoisotopic (exact) mass is 510 g/mol. The fraction of sp³-hybridized carbons (Fsp3) is 0.103. The SMILES string of the molecule is CCc1ccc(NC(=O)/C(C#N)=C/c2c(OCc3ccccc3Br)ccc3ccccc23)cc1. The number of carbonyl (C=O) groups excluding carboxylic acids is 1. The first-order valence-electron chi connectivity index (χ1n) is 11.0. The fourth-order valence-corrected chi connectivity index (χ4v) is 4.04. The van der Waals surface area contributed by atoms with Gasteiger partial charge in [-0.2, -0.15) is 5.26 Å². The molecule has 0 spiro atoms. The van der Waals surface area contributed by atoms with Crippen molar-refractivity contribution in [3.05, 3.63) is 112 Å². The Morgan fingerprint density at radius 1 is 1.00 bits per heavy atom. The second-order valence-corrected chi connectivity index (χ2v) is 8.61. The van der Waals surface area contributed by atoms with Crippen LogP contribution in [-0.4, -0.2) is 5.91 Å². The third-order valence-electron chi connectivity index (χ3n) is 5.55. The van der Waals surface area contributed by atoms with E-state index in [1.807, 2.05) is 84.9 Å². The van der Waals surface area contributed by atoms with Crippen molar-refractivity contribution in [3.8, 4) is 11.8 Å². The molecule has 4 aromatic carbocycles. The lowest BCUT2D eigenvalue weighted by Crippen LogP contribution is -2.13. The zero-order valence-corrected chi connectivity index (χ0v) is 20.3. The normalized spacial score (nSPS) is 11.1. The topological polar surface area (TPSA) is 62.1 Å². The Kier molecular flexibility index (Phi) is 7.41. The predicted octanol–water partition coefficient (Wildman–Crippen LogP) is 7.29. The molecule has 0 aliphatic carbocycles. The molecule has 1 N–H and O–H groups in total. The number of nitrogens with zero attached hydrogens (tertiary/aromatic N) is 1. The van der Waals surface area contributed by atoms with Gasteiger partial charge in [0.1, 0.15) is 24.0 Å². The van der Waals surface area contributed by atoms with Crippen molar-refractivity contribution in [2.24, 2.45) is 0 Å². The Bertz CT molecular complexity index is 1400. The summed E-state index contributed by atoms with van der Waals surface area (Å²) in [6.45, 7) is 2.42. The number of fused-ring (bicyclic) bond motifs is 1. The summed E-state index contributed by atoms with van der Waals surface area (Å²) in [5.74, 6) is 0.138. The van der Waals surface area contributed by atoms with E-state index >= 15 is 0 Å². The van der Waals surface area contributed by atoms with Gasteiger partial charge >= 0.3 is 0 Å². The Balaban J connectivity index is 1.68. The van der Waals surface area contributed by atoms with Gasteiger partial charge in [0.2, 0.25) is 0 Å². The van der Waals surface area contributed by atoms with Crippen LogP contribution in [0.25, 0.3) is 16.8 Å². The number of amides is 1. The van der Waals surface area contributed by atoms with Crippen molar-refractivity contribution in [2.45, 2.75) is 20.0 Å². The van der Waals surface area contributed by atoms with Gasteiger partial charge in [-0.15, -0.1) is 0 Å². The van der Waals surface area contributed by atoms with Crippen molar-refractivity contribution >= 4 is 44.4 Å². The minimum absolute atomic E-state index is 0.00154. The van der Waals surface area contributed by atoms with Gasteiger partial charge < -0.3 is 10.1 Å². The van der Waals surface area contributed by atoms with Gasteiger partial charge in [-0.3, -0.25) is 4.79 Å². The zero-order valence-electron chi connectivity index (χ0n) is 18.7. The summed E-state index contributed by atoms with van der Waals surface area (Å²) in [6, 6.07) is 29.2. The number of nitrogens with one attached hydrogen (secondary N) is 1. The number of ether oxygens (including phenoxy) is 1. The average molecular weight is 511 g/mol. The van der Waals surface area contributed by atoms with E-state index in [-0.39, 0.29) is 5.57 Å². The summed E-state index contributed by atoms with van der Waals surface area (Å²) in [5.41, 5.74) is 3.52. The number of nitriles is 1. The van der Waals surface area contributed by atoms with Crippen LogP contribution in [-0.2, 0) is 17.8 Å². The van der Waals surface area contributed by atoms with E-state index in [1.165, 1.54) is 5.56 Å². The third kappa shape index (κ3) is 5.36. The second kappa shape index (κ2) is 10.8. The molecule has 0 aromatic heterocycles. The molecule has 0 unspecified atom stereocenters. The fourth-order valence-electron chi connectivity index (χ4n) is 3.64. The summed E-state index contributed by atoms with van der Waals surface area (Å²) >= 11 is 3.55. The van der Waals surface area contributed by atoms with Crippen LogP contribution in [0.4, 0.5) is 5.69 Å². The number of benzene rings is 4. The second-order valence-electron chi connectivity index (χ2n) is 7.75. The van der Waals surface area contributed by atoms with Crippen LogP contribution in [0.5, 0.6) is 5.75 Å². The number of hydrogen-bond donors (Lipinski definition) is 1. The van der Waals surface area contributed by atoms with Gasteiger partial charge in [0.05, 0.1) is 0 Å². The Morgan fingerprint density at radius 3 is 2.47 bits per heavy atom. The highest BCUT2D eigenvalue weighted by atomic mass is 79.9. The largest absolute Gasteiger partial charge is 0.488 e. The minimum atomic E-state index is -0.462. The lowest BCUT2D eigenvalue weighted by atomic mass is 10.0. The Morgan fingerprint density at radius 2 is 1.74 bits per heavy atom. The van der Waals surface area contributed by atoms with Gasteiger partial charge in [0.25, 0.3) is 5.91 Å². The maximum absolute atomic E-state index is 12.9. The van der Waals surface area contributed by atoms with Crippen molar-refractivity contribution < 1.29 is 9.53 Å². The highest BCUT2D eigenvalue weighted by Crippen LogP contribution is 2.31. The van der Waals surface area contributed by atoms with Crippen LogP contribution < -0.4 is 10.1 Å². The molecule has 168 valence electrons. The maximum atomic E-state index is 12.9. The molecular formula is C29H23BrN2O2. The number of aryl methyl sites for hydroxylation is 1. The number of anilines is 1. The van der Waals surface area contributed by atoms with Gasteiger partial charge in [0.15, 0.2) is 0 Å². The Labute approximate surface area is 207 Å². The molecule has 0 aliphatic rings. The molecule has 0 aliphatic heterocycles. The van der Waals surface area contributed by atoms with Crippen LogP contribution in [0.1, 0.15) is 23.6 Å². The molecule has 4 aromatic rings. The first kappa shape index (κ1) is 23.3. The van der Waals surface area contributed by atoms with Crippen LogP contribution in [0.2, 0.25) is 0 Å². The average Bonchev–Trinajstić information content (AvgIpc) is 2.87. The first-order valence-corrected chi connectivity index (χ1v) is 11.8. The first-order chi connectivity index (χ1) is 16.6. The van der Waals surface area contributed by atoms with Crippen LogP contribution in [0.3, 0.4) is 0 Å². The summed E-state index contributed by atoms with van der Waals surface area (Å²) < 4.78 is 7.12. The van der Waals surface area contributed by atoms with Gasteiger partial charge in [-0.25, -0.2) is 0 Å². The number of rotatable bonds is 7. The standard InChI is InChI=1S/C29H23BrN2O2/c1-2-20-11-14-24(15-12-20)32-29(33)23(18-31)17-26-25-9-5-3-7-21(25)13-16-28(26)34-19-22-8-4-6-10-27(22)30/h3-17H,2,19H2,1H3,(H,32,33)/b23-17+. The van der Waals surface area contributed by atoms with E-state index in [2.05, 4.69) is 34.2 Å². The summed E-state index contributed by atoms with van der Waals surface area (Å²) in [6.07, 6.45) is 2.52. The molecule has 5 heteroatoms. The van der Waals surface area contributed by atoms with Gasteiger partial charge in [0, 0.05) is 21.3 Å². The van der Waals surface area contributed by atoms with E-state index in [1.54, 1.807) is 6.08 Å². The van der Waals surface area contributed by atoms with E-state index in [4.69, 9.17) is 4.74 Å². The van der Waals surface area contributed by atoms with Crippen molar-refractivity contribution in [3.63, 3.8) is 0 Å². The maximum Gasteiger partial charge on any atom is 0.266 e. The quantitative estimate of drug-likeness (QED) is 0.209. The molecule has 34 heavy (non-hydrogen) atoms. The van der Waals surface area contributed by atoms with E-state index in [0.717, 1.165) is 27.2 Å². The van der Waals surface area contributed by atoms with Crippen molar-refractivity contribution in [2.75, 3.05) is 5.32 Å². The lowest BCUT2D eigenvalue weighted by molar-refractivity contribution is -0.112. The molecule has 0 heterocycles. The Hall–Kier alpha value is -3.88. The van der Waals surface area contributed by atoms with Crippen LogP contribution in [0.15, 0.2) is 95.0 Å². The minimum Gasteiger partial charge on any atom is -0.488 e. The summed E-state index contributed by atoms with van der Waals surface area (Å²) in [7, 11) is 0. The summed E-state index contributed by atoms with van der Waals surface area (Å²) in [5, 5.41) is 14.5. The van der Waals surface area contributed by atoms with E-state index in [0.29, 0.717) is 23.6 Å². The molecule has 0 saturated carbocycles. The van der Waals surface area contributed by atoms with E-state index in [9.17, 15) is 10.1 Å². The third-order valence-corrected chi connectivity index (χ3v) is 6.32. The molecular weight excluding hydrogens is 488 g/mol. The van der Waals surface area contributed by atoms with Gasteiger partial charge in [-0.05, 0) is 53.1 Å². The molecule has 1 amide bonds. The zero-order chi connectivity index (χ0) is 23.9. The lowest BCUT2D eigenvalue weighted by Gasteiger charge is -2.13. The molecule has 4 nitrogen and oxygen atoms in total. The van der Waals surface area contributed by atoms with Crippen LogP contribution in [0, 0.1) is 11.3 Å². The number of carbonyl (C=O) groups is 1. The molecule has 0 bridgehead atoms. The van der Waals surface area contributed by atoms with Gasteiger partial charge in [-0.1, -0.05) is 83.5 Å². The summed E-state index contributed by atoms with van der Waals surface area (Å²) in [4.78, 5) is 12.9. The molecule has 0 fully saturated rings. The molecule has 4 rings (SSSR count). The van der Waals surface area contributed by atoms with Crippen molar-refractivity contribution in [1.82, 2.24) is 0 Å². The van der Waals surface area contributed by atoms with E-state index < -0.39 is 5.91 Å². The molecule has 0 saturated heterocycles. The predicted molar refractivity (Wildman–Crippen MR) is 140 cm³/mol. The molecule has 0 atom stereocenters. The highest BCUT2D eigenvalue weighted by Gasteiger charge is 2.14. The highest BCUT2D eigenvalue weighted by molar-refractivity contribution is 9.10. The van der Waals surface area contributed by atoms with Crippen molar-refractivity contribution in [1.29, 1.82) is 5.26 Å². The number of hydrogen-bond acceptors (Lipinski definition) is 3. The number of halogens is 1.